The Morgan fingerprint density at radius 2 is 2.00 bits per heavy atom. The average molecular weight is 326 g/mol. The van der Waals surface area contributed by atoms with Crippen molar-refractivity contribution in [2.24, 2.45) is 0 Å². The van der Waals surface area contributed by atoms with E-state index in [1.165, 1.54) is 17.2 Å². The number of hydrogen-bond acceptors (Lipinski definition) is 2. The maximum Gasteiger partial charge on any atom is 0.138 e. The van der Waals surface area contributed by atoms with Crippen molar-refractivity contribution in [3.8, 4) is 0 Å². The zero-order valence-corrected chi connectivity index (χ0v) is 12.3. The van der Waals surface area contributed by atoms with Crippen LogP contribution in [0.2, 0.25) is 0 Å². The number of nitrogen functional groups attached to an aromatic ring is 1. The van der Waals surface area contributed by atoms with Crippen molar-refractivity contribution in [3.05, 3.63) is 57.8 Å². The second kappa shape index (κ2) is 5.76. The van der Waals surface area contributed by atoms with Crippen LogP contribution < -0.4 is 5.73 Å². The van der Waals surface area contributed by atoms with Gasteiger partial charge in [-0.25, -0.2) is 4.39 Å². The summed E-state index contributed by atoms with van der Waals surface area (Å²) in [5, 5.41) is 0. The normalized spacial score (nSPS) is 10.6. The molecule has 94 valence electrons. The quantitative estimate of drug-likeness (QED) is 0.649. The number of rotatable bonds is 3. The Labute approximate surface area is 119 Å². The molecule has 0 aliphatic carbocycles. The molecule has 0 saturated carbocycles. The number of thioether (sulfide) groups is 1. The van der Waals surface area contributed by atoms with Crippen LogP contribution in [-0.4, -0.2) is 0 Å². The van der Waals surface area contributed by atoms with Gasteiger partial charge in [-0.05, 0) is 46.1 Å². The third kappa shape index (κ3) is 3.06. The largest absolute Gasteiger partial charge is 0.398 e. The fourth-order valence-corrected chi connectivity index (χ4v) is 3.00. The summed E-state index contributed by atoms with van der Waals surface area (Å²) < 4.78 is 13.9. The number of aryl methyl sites for hydroxylation is 1. The molecule has 0 spiro atoms. The first-order valence-electron chi connectivity index (χ1n) is 5.50. The van der Waals surface area contributed by atoms with Crippen LogP contribution in [0.25, 0.3) is 0 Å². The van der Waals surface area contributed by atoms with Gasteiger partial charge in [0.1, 0.15) is 5.82 Å². The van der Waals surface area contributed by atoms with Crippen molar-refractivity contribution >= 4 is 33.4 Å². The van der Waals surface area contributed by atoms with E-state index in [4.69, 9.17) is 5.73 Å². The summed E-state index contributed by atoms with van der Waals surface area (Å²) in [6.07, 6.45) is 0. The molecule has 0 aliphatic rings. The van der Waals surface area contributed by atoms with E-state index in [9.17, 15) is 4.39 Å². The van der Waals surface area contributed by atoms with Gasteiger partial charge in [-0.3, -0.25) is 0 Å². The highest BCUT2D eigenvalue weighted by molar-refractivity contribution is 9.10. The molecule has 1 nitrogen and oxygen atoms in total. The topological polar surface area (TPSA) is 26.0 Å². The summed E-state index contributed by atoms with van der Waals surface area (Å²) in [6, 6.07) is 11.2. The highest BCUT2D eigenvalue weighted by atomic mass is 79.9. The van der Waals surface area contributed by atoms with Gasteiger partial charge in [-0.1, -0.05) is 24.3 Å². The van der Waals surface area contributed by atoms with Gasteiger partial charge in [-0.2, -0.15) is 0 Å². The Balaban J connectivity index is 2.16. The molecule has 0 aromatic heterocycles. The van der Waals surface area contributed by atoms with Gasteiger partial charge in [-0.15, -0.1) is 11.8 Å². The maximum atomic E-state index is 13.4. The number of anilines is 1. The van der Waals surface area contributed by atoms with E-state index in [0.29, 0.717) is 10.2 Å². The molecular weight excluding hydrogens is 313 g/mol. The van der Waals surface area contributed by atoms with E-state index in [0.717, 1.165) is 10.6 Å². The Hall–Kier alpha value is -1.00. The molecule has 0 radical (unpaired) electrons. The summed E-state index contributed by atoms with van der Waals surface area (Å²) in [7, 11) is 0. The van der Waals surface area contributed by atoms with Crippen molar-refractivity contribution in [2.75, 3.05) is 5.73 Å². The second-order valence-corrected chi connectivity index (χ2v) is 5.89. The zero-order valence-electron chi connectivity index (χ0n) is 9.91. The van der Waals surface area contributed by atoms with Crippen LogP contribution >= 0.6 is 27.7 Å². The van der Waals surface area contributed by atoms with Crippen LogP contribution in [0.15, 0.2) is 45.8 Å². The second-order valence-electron chi connectivity index (χ2n) is 4.02. The van der Waals surface area contributed by atoms with Crippen LogP contribution in [0, 0.1) is 12.7 Å². The minimum atomic E-state index is -0.281. The lowest BCUT2D eigenvalue weighted by atomic mass is 10.1. The molecule has 0 fully saturated rings. The monoisotopic (exact) mass is 325 g/mol. The first-order valence-corrected chi connectivity index (χ1v) is 7.27. The highest BCUT2D eigenvalue weighted by Gasteiger charge is 2.07. The number of halogens is 2. The standard InChI is InChI=1S/C14H13BrFNS/c1-9-4-2-3-5-10(9)8-18-14-7-12(16)11(15)6-13(14)17/h2-7H,8,17H2,1H3. The van der Waals surface area contributed by atoms with Gasteiger partial charge >= 0.3 is 0 Å². The van der Waals surface area contributed by atoms with Gasteiger partial charge in [0.25, 0.3) is 0 Å². The molecule has 4 heteroatoms. The van der Waals surface area contributed by atoms with Crippen LogP contribution in [0.1, 0.15) is 11.1 Å². The van der Waals surface area contributed by atoms with E-state index in [1.54, 1.807) is 17.8 Å². The van der Waals surface area contributed by atoms with Gasteiger partial charge in [0.05, 0.1) is 4.47 Å². The Morgan fingerprint density at radius 3 is 2.72 bits per heavy atom. The lowest BCUT2D eigenvalue weighted by molar-refractivity contribution is 0.618. The predicted octanol–water partition coefficient (Wildman–Crippen LogP) is 4.77. The lowest BCUT2D eigenvalue weighted by Gasteiger charge is -2.08. The van der Waals surface area contributed by atoms with Crippen LogP contribution in [-0.2, 0) is 5.75 Å². The fraction of sp³-hybridized carbons (Fsp3) is 0.143. The summed E-state index contributed by atoms with van der Waals surface area (Å²) in [6.45, 7) is 2.07. The van der Waals surface area contributed by atoms with Crippen molar-refractivity contribution in [1.29, 1.82) is 0 Å². The molecule has 0 atom stereocenters. The van der Waals surface area contributed by atoms with Crippen molar-refractivity contribution < 1.29 is 4.39 Å². The highest BCUT2D eigenvalue weighted by Crippen LogP contribution is 2.32. The van der Waals surface area contributed by atoms with E-state index in [1.807, 2.05) is 12.1 Å². The molecule has 0 saturated heterocycles. The van der Waals surface area contributed by atoms with E-state index in [-0.39, 0.29) is 5.82 Å². The SMILES string of the molecule is Cc1ccccc1CSc1cc(F)c(Br)cc1N. The molecule has 0 aliphatic heterocycles. The molecule has 2 aromatic carbocycles. The smallest absolute Gasteiger partial charge is 0.138 e. The number of benzene rings is 2. The van der Waals surface area contributed by atoms with E-state index in [2.05, 4.69) is 35.0 Å². The van der Waals surface area contributed by atoms with Gasteiger partial charge in [0, 0.05) is 16.3 Å². The Kier molecular flexibility index (Phi) is 4.30. The number of nitrogens with two attached hydrogens (primary N) is 1. The molecule has 0 amide bonds. The maximum absolute atomic E-state index is 13.4. The fourth-order valence-electron chi connectivity index (χ4n) is 1.60. The van der Waals surface area contributed by atoms with Crippen LogP contribution in [0.5, 0.6) is 0 Å². The van der Waals surface area contributed by atoms with Crippen LogP contribution in [0.4, 0.5) is 10.1 Å². The molecule has 2 N–H and O–H groups in total. The van der Waals surface area contributed by atoms with Gasteiger partial charge in [0.15, 0.2) is 0 Å². The van der Waals surface area contributed by atoms with Gasteiger partial charge in [0.2, 0.25) is 0 Å². The third-order valence-corrected chi connectivity index (χ3v) is 4.42. The van der Waals surface area contributed by atoms with E-state index < -0.39 is 0 Å². The average Bonchev–Trinajstić information content (AvgIpc) is 2.34. The minimum Gasteiger partial charge on any atom is -0.398 e. The van der Waals surface area contributed by atoms with E-state index >= 15 is 0 Å². The lowest BCUT2D eigenvalue weighted by Crippen LogP contribution is -1.92. The summed E-state index contributed by atoms with van der Waals surface area (Å²) in [4.78, 5) is 0.777. The minimum absolute atomic E-state index is 0.281. The zero-order chi connectivity index (χ0) is 13.1. The summed E-state index contributed by atoms with van der Waals surface area (Å²) in [5.74, 6) is 0.509. The van der Waals surface area contributed by atoms with Crippen LogP contribution in [0.3, 0.4) is 0 Å². The Bertz CT molecular complexity index is 572. The number of hydrogen-bond donors (Lipinski definition) is 1. The first-order chi connectivity index (χ1) is 8.58. The summed E-state index contributed by atoms with van der Waals surface area (Å²) >= 11 is 4.67. The summed E-state index contributed by atoms with van der Waals surface area (Å²) in [5.41, 5.74) is 8.95. The molecule has 2 rings (SSSR count). The Morgan fingerprint density at radius 1 is 1.28 bits per heavy atom. The molecule has 2 aromatic rings. The van der Waals surface area contributed by atoms with Crippen molar-refractivity contribution in [2.45, 2.75) is 17.6 Å². The molecule has 0 unspecified atom stereocenters. The predicted molar refractivity (Wildman–Crippen MR) is 79.3 cm³/mol. The molecular formula is C14H13BrFNS. The third-order valence-electron chi connectivity index (χ3n) is 2.70. The molecule has 0 heterocycles. The van der Waals surface area contributed by atoms with Gasteiger partial charge < -0.3 is 5.73 Å². The molecule has 18 heavy (non-hydrogen) atoms. The van der Waals surface area contributed by atoms with Crippen molar-refractivity contribution in [3.63, 3.8) is 0 Å². The molecule has 0 bridgehead atoms. The van der Waals surface area contributed by atoms with Crippen molar-refractivity contribution in [1.82, 2.24) is 0 Å². The first kappa shape index (κ1) is 13.4.